The van der Waals surface area contributed by atoms with Crippen LogP contribution < -0.4 is 5.32 Å². The number of nitrogens with zero attached hydrogens (tertiary/aromatic N) is 2. The van der Waals surface area contributed by atoms with Gasteiger partial charge in [0.1, 0.15) is 0 Å². The van der Waals surface area contributed by atoms with Gasteiger partial charge in [-0.25, -0.2) is 9.37 Å². The molecule has 4 heterocycles. The lowest BCUT2D eigenvalue weighted by molar-refractivity contribution is 0.0919. The molecule has 1 unspecified atom stereocenters. The Bertz CT molecular complexity index is 503. The summed E-state index contributed by atoms with van der Waals surface area (Å²) >= 11 is 5.64. The number of piperidine rings is 1. The topological polar surface area (TPSA) is 45.2 Å². The van der Waals surface area contributed by atoms with E-state index in [2.05, 4.69) is 15.2 Å². The number of halogens is 2. The minimum atomic E-state index is -0.674. The predicted molar refractivity (Wildman–Crippen MR) is 74.2 cm³/mol. The van der Waals surface area contributed by atoms with Gasteiger partial charge in [0.15, 0.2) is 11.5 Å². The van der Waals surface area contributed by atoms with Crippen LogP contribution in [-0.4, -0.2) is 41.5 Å². The first kappa shape index (κ1) is 13.8. The number of carbonyl (C=O) groups is 1. The van der Waals surface area contributed by atoms with E-state index < -0.39 is 11.7 Å². The van der Waals surface area contributed by atoms with E-state index in [4.69, 9.17) is 11.6 Å². The fourth-order valence-corrected chi connectivity index (χ4v) is 3.28. The Labute approximate surface area is 122 Å². The van der Waals surface area contributed by atoms with Crippen LogP contribution >= 0.6 is 11.6 Å². The predicted octanol–water partition coefficient (Wildman–Crippen LogP) is 2.09. The molecule has 1 N–H and O–H groups in total. The summed E-state index contributed by atoms with van der Waals surface area (Å²) in [5.41, 5.74) is -0.180. The third-order valence-corrected chi connectivity index (χ3v) is 4.37. The Hall–Kier alpha value is -1.20. The van der Waals surface area contributed by atoms with Gasteiger partial charge in [-0.15, -0.1) is 0 Å². The number of rotatable bonds is 2. The zero-order chi connectivity index (χ0) is 14.1. The van der Waals surface area contributed by atoms with Crippen LogP contribution in [0.5, 0.6) is 0 Å². The van der Waals surface area contributed by atoms with Crippen LogP contribution in [0.2, 0.25) is 5.02 Å². The standard InChI is InChI=1S/C14H17ClFN3O/c15-10-6-12(16)13(17-7-10)14(20)18-11-5-9-1-3-19(8-11)4-2-9/h6-7,9,11H,1-5,8H2,(H,18,20). The van der Waals surface area contributed by atoms with Gasteiger partial charge in [0.05, 0.1) is 5.02 Å². The lowest BCUT2D eigenvalue weighted by Gasteiger charge is -2.26. The van der Waals surface area contributed by atoms with E-state index in [1.54, 1.807) is 0 Å². The van der Waals surface area contributed by atoms with Crippen molar-refractivity contribution < 1.29 is 9.18 Å². The molecule has 1 amide bonds. The zero-order valence-electron chi connectivity index (χ0n) is 11.1. The summed E-state index contributed by atoms with van der Waals surface area (Å²) in [7, 11) is 0. The van der Waals surface area contributed by atoms with E-state index in [1.807, 2.05) is 0 Å². The van der Waals surface area contributed by atoms with Crippen molar-refractivity contribution in [3.8, 4) is 0 Å². The molecule has 20 heavy (non-hydrogen) atoms. The van der Waals surface area contributed by atoms with Crippen molar-refractivity contribution in [2.75, 3.05) is 19.6 Å². The lowest BCUT2D eigenvalue weighted by atomic mass is 9.94. The first-order valence-electron chi connectivity index (χ1n) is 6.96. The Morgan fingerprint density at radius 2 is 2.20 bits per heavy atom. The number of hydrogen-bond acceptors (Lipinski definition) is 3. The van der Waals surface area contributed by atoms with E-state index in [1.165, 1.54) is 19.0 Å². The summed E-state index contributed by atoms with van der Waals surface area (Å²) in [4.78, 5) is 18.3. The van der Waals surface area contributed by atoms with E-state index in [0.717, 1.165) is 32.1 Å². The number of hydrogen-bond donors (Lipinski definition) is 1. The molecule has 2 bridgehead atoms. The highest BCUT2D eigenvalue weighted by Crippen LogP contribution is 2.26. The van der Waals surface area contributed by atoms with Crippen LogP contribution in [0, 0.1) is 11.7 Å². The van der Waals surface area contributed by atoms with Crippen molar-refractivity contribution in [3.05, 3.63) is 28.8 Å². The number of fused-ring (bicyclic) bond motifs is 4. The minimum absolute atomic E-state index is 0.0781. The molecule has 0 radical (unpaired) electrons. The minimum Gasteiger partial charge on any atom is -0.347 e. The van der Waals surface area contributed by atoms with Crippen molar-refractivity contribution in [1.82, 2.24) is 15.2 Å². The largest absolute Gasteiger partial charge is 0.347 e. The van der Waals surface area contributed by atoms with Crippen LogP contribution in [0.3, 0.4) is 0 Å². The van der Waals surface area contributed by atoms with Crippen molar-refractivity contribution in [2.45, 2.75) is 25.3 Å². The maximum absolute atomic E-state index is 13.7. The summed E-state index contributed by atoms with van der Waals surface area (Å²) in [6.07, 6.45) is 4.65. The summed E-state index contributed by atoms with van der Waals surface area (Å²) in [5.74, 6) is -0.458. The molecule has 1 aromatic heterocycles. The summed E-state index contributed by atoms with van der Waals surface area (Å²) in [5, 5.41) is 3.10. The number of aromatic nitrogens is 1. The van der Waals surface area contributed by atoms with Crippen LogP contribution in [0.4, 0.5) is 4.39 Å². The van der Waals surface area contributed by atoms with Crippen LogP contribution in [0.25, 0.3) is 0 Å². The number of nitrogens with one attached hydrogen (secondary N) is 1. The first-order valence-corrected chi connectivity index (χ1v) is 7.34. The SMILES string of the molecule is O=C(NC1CC2CCN(CC2)C1)c1ncc(Cl)cc1F. The van der Waals surface area contributed by atoms with Gasteiger partial charge in [-0.3, -0.25) is 4.79 Å². The maximum Gasteiger partial charge on any atom is 0.273 e. The van der Waals surface area contributed by atoms with E-state index in [9.17, 15) is 9.18 Å². The van der Waals surface area contributed by atoms with Crippen LogP contribution in [-0.2, 0) is 0 Å². The summed E-state index contributed by atoms with van der Waals surface area (Å²) in [6, 6.07) is 1.19. The second kappa shape index (κ2) is 5.66. The molecule has 3 fully saturated rings. The molecule has 3 saturated heterocycles. The van der Waals surface area contributed by atoms with Crippen molar-refractivity contribution in [1.29, 1.82) is 0 Å². The second-order valence-corrected chi connectivity index (χ2v) is 6.07. The Balaban J connectivity index is 1.69. The van der Waals surface area contributed by atoms with Crippen molar-refractivity contribution >= 4 is 17.5 Å². The molecule has 4 rings (SSSR count). The fraction of sp³-hybridized carbons (Fsp3) is 0.571. The Morgan fingerprint density at radius 1 is 1.45 bits per heavy atom. The molecule has 3 aliphatic rings. The fourth-order valence-electron chi connectivity index (χ4n) is 3.13. The van der Waals surface area contributed by atoms with Gasteiger partial charge in [0.2, 0.25) is 0 Å². The maximum atomic E-state index is 13.7. The molecule has 0 saturated carbocycles. The molecule has 4 nitrogen and oxygen atoms in total. The second-order valence-electron chi connectivity index (χ2n) is 5.63. The lowest BCUT2D eigenvalue weighted by Crippen LogP contribution is -2.42. The molecule has 6 heteroatoms. The van der Waals surface area contributed by atoms with Gasteiger partial charge in [-0.05, 0) is 44.3 Å². The molecular weight excluding hydrogens is 281 g/mol. The molecular formula is C14H17ClFN3O. The third kappa shape index (κ3) is 2.94. The average molecular weight is 298 g/mol. The zero-order valence-corrected chi connectivity index (χ0v) is 11.9. The number of pyridine rings is 1. The van der Waals surface area contributed by atoms with E-state index in [-0.39, 0.29) is 16.8 Å². The van der Waals surface area contributed by atoms with E-state index >= 15 is 0 Å². The Morgan fingerprint density at radius 3 is 2.90 bits per heavy atom. The molecule has 108 valence electrons. The summed E-state index contributed by atoms with van der Waals surface area (Å²) in [6.45, 7) is 3.05. The monoisotopic (exact) mass is 297 g/mol. The first-order chi connectivity index (χ1) is 9.61. The molecule has 1 aromatic rings. The normalized spacial score (nSPS) is 29.0. The molecule has 3 aliphatic heterocycles. The van der Waals surface area contributed by atoms with Crippen LogP contribution in [0.1, 0.15) is 29.8 Å². The van der Waals surface area contributed by atoms with Gasteiger partial charge >= 0.3 is 0 Å². The molecule has 0 aromatic carbocycles. The van der Waals surface area contributed by atoms with E-state index in [0.29, 0.717) is 5.92 Å². The highest BCUT2D eigenvalue weighted by molar-refractivity contribution is 6.30. The van der Waals surface area contributed by atoms with Crippen molar-refractivity contribution in [2.24, 2.45) is 5.92 Å². The average Bonchev–Trinajstić information content (AvgIpc) is 2.70. The van der Waals surface area contributed by atoms with Gasteiger partial charge in [-0.1, -0.05) is 11.6 Å². The quantitative estimate of drug-likeness (QED) is 0.909. The Kier molecular flexibility index (Phi) is 3.89. The van der Waals surface area contributed by atoms with Gasteiger partial charge < -0.3 is 10.2 Å². The van der Waals surface area contributed by atoms with Crippen molar-refractivity contribution in [3.63, 3.8) is 0 Å². The highest BCUT2D eigenvalue weighted by atomic mass is 35.5. The van der Waals surface area contributed by atoms with Gasteiger partial charge in [0, 0.05) is 18.8 Å². The highest BCUT2D eigenvalue weighted by Gasteiger charge is 2.30. The van der Waals surface area contributed by atoms with Gasteiger partial charge in [0.25, 0.3) is 5.91 Å². The van der Waals surface area contributed by atoms with Crippen LogP contribution in [0.15, 0.2) is 12.3 Å². The molecule has 0 aliphatic carbocycles. The van der Waals surface area contributed by atoms with Gasteiger partial charge in [-0.2, -0.15) is 0 Å². The third-order valence-electron chi connectivity index (χ3n) is 4.16. The molecule has 0 spiro atoms. The number of carbonyl (C=O) groups excluding carboxylic acids is 1. The smallest absolute Gasteiger partial charge is 0.273 e. The molecule has 1 atom stereocenters. The summed E-state index contributed by atoms with van der Waals surface area (Å²) < 4.78 is 13.7. The number of amides is 1.